The molecule has 1 fully saturated rings. The molecular formula is C22H22ClN3O4. The van der Waals surface area contributed by atoms with Gasteiger partial charge >= 0.3 is 0 Å². The van der Waals surface area contributed by atoms with Crippen molar-refractivity contribution >= 4 is 23.4 Å². The Morgan fingerprint density at radius 3 is 2.60 bits per heavy atom. The van der Waals surface area contributed by atoms with E-state index >= 15 is 0 Å². The first-order valence-electron chi connectivity index (χ1n) is 9.54. The van der Waals surface area contributed by atoms with Crippen LogP contribution in [-0.4, -0.2) is 48.5 Å². The van der Waals surface area contributed by atoms with Crippen LogP contribution in [0.15, 0.2) is 60.3 Å². The Bertz CT molecular complexity index is 992. The molecule has 2 aliphatic rings. The van der Waals surface area contributed by atoms with E-state index in [4.69, 9.17) is 21.1 Å². The minimum absolute atomic E-state index is 0.103. The molecule has 2 amide bonds. The van der Waals surface area contributed by atoms with Crippen molar-refractivity contribution < 1.29 is 19.1 Å². The molecule has 156 valence electrons. The maximum Gasteiger partial charge on any atom is 0.251 e. The van der Waals surface area contributed by atoms with Crippen molar-refractivity contribution in [3.63, 3.8) is 0 Å². The van der Waals surface area contributed by atoms with Gasteiger partial charge in [-0.15, -0.1) is 0 Å². The number of rotatable bonds is 6. The van der Waals surface area contributed by atoms with E-state index < -0.39 is 12.0 Å². The van der Waals surface area contributed by atoms with E-state index in [1.165, 1.54) is 11.1 Å². The van der Waals surface area contributed by atoms with Crippen LogP contribution in [0.5, 0.6) is 11.5 Å². The highest BCUT2D eigenvalue weighted by atomic mass is 35.5. The smallest absolute Gasteiger partial charge is 0.251 e. The lowest BCUT2D eigenvalue weighted by molar-refractivity contribution is -0.138. The fourth-order valence-corrected chi connectivity index (χ4v) is 3.90. The Labute approximate surface area is 179 Å². The van der Waals surface area contributed by atoms with Gasteiger partial charge in [-0.2, -0.15) is 0 Å². The standard InChI is InChI=1S/C22H22ClN3O4/c1-25-22(28)21-18(24-25)11-20(27)26(12-14-4-3-5-17(10-14)29-2)19(21)13-30-16-8-6-15(23)7-9-16/h3-11,19,21,24H,12-13H2,1-2H3. The second-order valence-corrected chi connectivity index (χ2v) is 7.67. The largest absolute Gasteiger partial charge is 0.497 e. The number of ether oxygens (including phenoxy) is 2. The fourth-order valence-electron chi connectivity index (χ4n) is 3.77. The van der Waals surface area contributed by atoms with Crippen molar-refractivity contribution in [2.45, 2.75) is 12.6 Å². The molecular weight excluding hydrogens is 406 g/mol. The second-order valence-electron chi connectivity index (χ2n) is 7.24. The number of methoxy groups -OCH3 is 1. The fraction of sp³-hybridized carbons (Fsp3) is 0.273. The van der Waals surface area contributed by atoms with Crippen LogP contribution in [-0.2, 0) is 16.1 Å². The van der Waals surface area contributed by atoms with Crippen molar-refractivity contribution in [1.29, 1.82) is 0 Å². The van der Waals surface area contributed by atoms with Gasteiger partial charge in [0.05, 0.1) is 18.8 Å². The van der Waals surface area contributed by atoms with Gasteiger partial charge in [-0.05, 0) is 42.0 Å². The van der Waals surface area contributed by atoms with Gasteiger partial charge in [0.2, 0.25) is 5.91 Å². The van der Waals surface area contributed by atoms with Crippen LogP contribution in [0.4, 0.5) is 0 Å². The number of amides is 2. The zero-order chi connectivity index (χ0) is 21.3. The number of benzene rings is 2. The molecule has 8 heteroatoms. The topological polar surface area (TPSA) is 71.1 Å². The van der Waals surface area contributed by atoms with Crippen LogP contribution >= 0.6 is 11.6 Å². The van der Waals surface area contributed by atoms with Gasteiger partial charge in [0.25, 0.3) is 5.91 Å². The van der Waals surface area contributed by atoms with E-state index in [0.717, 1.165) is 5.56 Å². The molecule has 0 spiro atoms. The summed E-state index contributed by atoms with van der Waals surface area (Å²) in [6, 6.07) is 14.0. The predicted octanol–water partition coefficient (Wildman–Crippen LogP) is 2.62. The van der Waals surface area contributed by atoms with Gasteiger partial charge in [0.15, 0.2) is 0 Å². The third kappa shape index (κ3) is 3.93. The highest BCUT2D eigenvalue weighted by Gasteiger charge is 2.47. The summed E-state index contributed by atoms with van der Waals surface area (Å²) >= 11 is 5.94. The van der Waals surface area contributed by atoms with Crippen molar-refractivity contribution in [3.05, 3.63) is 70.9 Å². The van der Waals surface area contributed by atoms with Gasteiger partial charge in [-0.1, -0.05) is 23.7 Å². The van der Waals surface area contributed by atoms with Gasteiger partial charge in [-0.25, -0.2) is 0 Å². The minimum Gasteiger partial charge on any atom is -0.497 e. The van der Waals surface area contributed by atoms with Crippen molar-refractivity contribution in [1.82, 2.24) is 15.3 Å². The summed E-state index contributed by atoms with van der Waals surface area (Å²) < 4.78 is 11.2. The van der Waals surface area contributed by atoms with E-state index in [2.05, 4.69) is 5.43 Å². The Morgan fingerprint density at radius 2 is 1.87 bits per heavy atom. The average molecular weight is 428 g/mol. The maximum atomic E-state index is 13.0. The molecule has 2 aromatic carbocycles. The molecule has 7 nitrogen and oxygen atoms in total. The lowest BCUT2D eigenvalue weighted by atomic mass is 9.91. The van der Waals surface area contributed by atoms with Crippen LogP contribution in [0.25, 0.3) is 0 Å². The Balaban J connectivity index is 1.62. The number of hydrogen-bond acceptors (Lipinski definition) is 5. The molecule has 1 N–H and O–H groups in total. The summed E-state index contributed by atoms with van der Waals surface area (Å²) in [6.07, 6.45) is 1.49. The number of halogens is 1. The average Bonchev–Trinajstić information content (AvgIpc) is 3.02. The molecule has 2 aliphatic heterocycles. The molecule has 0 aliphatic carbocycles. The Hall–Kier alpha value is -3.19. The van der Waals surface area contributed by atoms with Crippen LogP contribution < -0.4 is 14.9 Å². The zero-order valence-electron chi connectivity index (χ0n) is 16.7. The predicted molar refractivity (Wildman–Crippen MR) is 112 cm³/mol. The highest BCUT2D eigenvalue weighted by Crippen LogP contribution is 2.32. The van der Waals surface area contributed by atoms with Crippen molar-refractivity contribution in [2.75, 3.05) is 20.8 Å². The number of hydrazine groups is 1. The molecule has 2 heterocycles. The first kappa shape index (κ1) is 20.1. The van der Waals surface area contributed by atoms with Crippen LogP contribution in [0, 0.1) is 5.92 Å². The van der Waals surface area contributed by atoms with E-state index in [-0.39, 0.29) is 18.4 Å². The second kappa shape index (κ2) is 8.28. The number of nitrogens with zero attached hydrogens (tertiary/aromatic N) is 2. The number of carbonyl (C=O) groups is 2. The third-order valence-electron chi connectivity index (χ3n) is 5.30. The number of fused-ring (bicyclic) bond motifs is 1. The maximum absolute atomic E-state index is 13.0. The molecule has 0 bridgehead atoms. The first-order valence-corrected chi connectivity index (χ1v) is 9.92. The summed E-state index contributed by atoms with van der Waals surface area (Å²) in [4.78, 5) is 27.4. The quantitative estimate of drug-likeness (QED) is 0.767. The zero-order valence-corrected chi connectivity index (χ0v) is 17.4. The number of hydrogen-bond donors (Lipinski definition) is 1. The molecule has 0 aromatic heterocycles. The van der Waals surface area contributed by atoms with E-state index in [1.54, 1.807) is 43.3 Å². The normalized spacial score (nSPS) is 20.6. The summed E-state index contributed by atoms with van der Waals surface area (Å²) in [7, 11) is 3.25. The Morgan fingerprint density at radius 1 is 1.10 bits per heavy atom. The van der Waals surface area contributed by atoms with E-state index in [1.807, 2.05) is 24.3 Å². The summed E-state index contributed by atoms with van der Waals surface area (Å²) in [5.74, 6) is 0.542. The Kier molecular flexibility index (Phi) is 5.55. The molecule has 2 aromatic rings. The lowest BCUT2D eigenvalue weighted by Crippen LogP contribution is -2.52. The molecule has 1 saturated heterocycles. The summed E-state index contributed by atoms with van der Waals surface area (Å²) in [5.41, 5.74) is 4.48. The van der Waals surface area contributed by atoms with Gasteiger partial charge < -0.3 is 14.4 Å². The van der Waals surface area contributed by atoms with Crippen LogP contribution in [0.2, 0.25) is 5.02 Å². The summed E-state index contributed by atoms with van der Waals surface area (Å²) in [6.45, 7) is 0.503. The molecule has 0 saturated carbocycles. The van der Waals surface area contributed by atoms with Gasteiger partial charge in [-0.3, -0.25) is 20.0 Å². The monoisotopic (exact) mass is 427 g/mol. The molecule has 30 heavy (non-hydrogen) atoms. The first-order chi connectivity index (χ1) is 14.5. The van der Waals surface area contributed by atoms with E-state index in [9.17, 15) is 9.59 Å². The molecule has 4 rings (SSSR count). The summed E-state index contributed by atoms with van der Waals surface area (Å²) in [5, 5.41) is 2.02. The van der Waals surface area contributed by atoms with Crippen molar-refractivity contribution in [3.8, 4) is 11.5 Å². The number of carbonyl (C=O) groups excluding carboxylic acids is 2. The van der Waals surface area contributed by atoms with Gasteiger partial charge in [0, 0.05) is 24.7 Å². The van der Waals surface area contributed by atoms with Crippen LogP contribution in [0.3, 0.4) is 0 Å². The molecule has 2 atom stereocenters. The van der Waals surface area contributed by atoms with E-state index in [0.29, 0.717) is 28.8 Å². The molecule has 2 unspecified atom stereocenters. The third-order valence-corrected chi connectivity index (χ3v) is 5.55. The van der Waals surface area contributed by atoms with Crippen molar-refractivity contribution in [2.24, 2.45) is 5.92 Å². The number of nitrogens with one attached hydrogen (secondary N) is 1. The minimum atomic E-state index is -0.509. The molecule has 0 radical (unpaired) electrons. The van der Waals surface area contributed by atoms with Crippen LogP contribution in [0.1, 0.15) is 5.56 Å². The highest BCUT2D eigenvalue weighted by molar-refractivity contribution is 6.30. The van der Waals surface area contributed by atoms with Gasteiger partial charge in [0.1, 0.15) is 24.0 Å². The lowest BCUT2D eigenvalue weighted by Gasteiger charge is -2.37. The SMILES string of the molecule is COc1cccc(CN2C(=O)C=C3NN(C)C(=O)C3C2COc2ccc(Cl)cc2)c1.